The van der Waals surface area contributed by atoms with Crippen LogP contribution in [-0.4, -0.2) is 42.6 Å². The molecule has 2 aliphatic rings. The quantitative estimate of drug-likeness (QED) is 0.676. The van der Waals surface area contributed by atoms with Crippen LogP contribution in [0.2, 0.25) is 0 Å². The molecule has 2 fully saturated rings. The first-order valence-electron chi connectivity index (χ1n) is 7.44. The molecule has 1 aromatic rings. The maximum Gasteiger partial charge on any atom is 0.273 e. The van der Waals surface area contributed by atoms with E-state index in [1.807, 2.05) is 6.07 Å². The second kappa shape index (κ2) is 5.99. The van der Waals surface area contributed by atoms with Crippen LogP contribution in [0, 0.1) is 16.0 Å². The van der Waals surface area contributed by atoms with Gasteiger partial charge in [-0.05, 0) is 36.9 Å². The highest BCUT2D eigenvalue weighted by Gasteiger charge is 2.34. The van der Waals surface area contributed by atoms with Gasteiger partial charge in [-0.1, -0.05) is 0 Å². The van der Waals surface area contributed by atoms with Crippen molar-refractivity contribution in [1.29, 1.82) is 0 Å². The number of nitrogens with zero attached hydrogens (tertiary/aromatic N) is 2. The average molecular weight is 291 g/mol. The van der Waals surface area contributed by atoms with Crippen molar-refractivity contribution in [2.75, 3.05) is 26.7 Å². The summed E-state index contributed by atoms with van der Waals surface area (Å²) in [4.78, 5) is 13.0. The minimum Gasteiger partial charge on any atom is -0.496 e. The summed E-state index contributed by atoms with van der Waals surface area (Å²) in [5, 5.41) is 14.6. The van der Waals surface area contributed by atoms with E-state index in [0.717, 1.165) is 37.7 Å². The summed E-state index contributed by atoms with van der Waals surface area (Å²) >= 11 is 0. The molecule has 2 saturated heterocycles. The second-order valence-electron chi connectivity index (χ2n) is 5.95. The van der Waals surface area contributed by atoms with Gasteiger partial charge in [0.2, 0.25) is 0 Å². The highest BCUT2D eigenvalue weighted by Crippen LogP contribution is 2.28. The van der Waals surface area contributed by atoms with Crippen LogP contribution in [0.4, 0.5) is 5.69 Å². The average Bonchev–Trinajstić information content (AvgIpc) is 2.88. The van der Waals surface area contributed by atoms with Crippen LogP contribution in [0.3, 0.4) is 0 Å². The molecule has 2 heterocycles. The Morgan fingerprint density at radius 1 is 1.43 bits per heavy atom. The third-order valence-corrected chi connectivity index (χ3v) is 4.48. The lowest BCUT2D eigenvalue weighted by Crippen LogP contribution is -2.40. The van der Waals surface area contributed by atoms with Gasteiger partial charge in [0.05, 0.1) is 18.1 Å². The van der Waals surface area contributed by atoms with Crippen molar-refractivity contribution < 1.29 is 9.66 Å². The number of ether oxygens (including phenoxy) is 1. The number of nitro benzene ring substituents is 1. The normalized spacial score (nSPS) is 25.6. The minimum absolute atomic E-state index is 0.0964. The molecule has 0 radical (unpaired) electrons. The van der Waals surface area contributed by atoms with Gasteiger partial charge >= 0.3 is 0 Å². The smallest absolute Gasteiger partial charge is 0.273 e. The van der Waals surface area contributed by atoms with Crippen LogP contribution in [-0.2, 0) is 6.54 Å². The number of hydrogen-bond donors (Lipinski definition) is 1. The molecule has 0 aromatic heterocycles. The molecule has 6 nitrogen and oxygen atoms in total. The summed E-state index contributed by atoms with van der Waals surface area (Å²) in [7, 11) is 1.54. The SMILES string of the molecule is COc1cc(CN2CC3CCCNC3C2)cc([N+](=O)[O-])c1. The highest BCUT2D eigenvalue weighted by atomic mass is 16.6. The number of fused-ring (bicyclic) bond motifs is 1. The van der Waals surface area contributed by atoms with E-state index >= 15 is 0 Å². The van der Waals surface area contributed by atoms with Crippen LogP contribution < -0.4 is 10.1 Å². The fraction of sp³-hybridized carbons (Fsp3) is 0.600. The number of methoxy groups -OCH3 is 1. The molecule has 6 heteroatoms. The molecule has 0 saturated carbocycles. The summed E-state index contributed by atoms with van der Waals surface area (Å²) in [6.07, 6.45) is 2.53. The molecular weight excluding hydrogens is 270 g/mol. The molecule has 21 heavy (non-hydrogen) atoms. The van der Waals surface area contributed by atoms with Crippen LogP contribution in [0.25, 0.3) is 0 Å². The first-order valence-corrected chi connectivity index (χ1v) is 7.44. The van der Waals surface area contributed by atoms with Crippen molar-refractivity contribution in [2.45, 2.75) is 25.4 Å². The Bertz CT molecular complexity index is 521. The number of hydrogen-bond acceptors (Lipinski definition) is 5. The van der Waals surface area contributed by atoms with Crippen LogP contribution in [0.1, 0.15) is 18.4 Å². The molecular formula is C15H21N3O3. The lowest BCUT2D eigenvalue weighted by Gasteiger charge is -2.24. The van der Waals surface area contributed by atoms with E-state index in [-0.39, 0.29) is 10.6 Å². The number of non-ortho nitro benzene ring substituents is 1. The largest absolute Gasteiger partial charge is 0.496 e. The van der Waals surface area contributed by atoms with Crippen molar-refractivity contribution in [3.8, 4) is 5.75 Å². The Hall–Kier alpha value is -1.66. The monoisotopic (exact) mass is 291 g/mol. The number of nitrogens with one attached hydrogen (secondary N) is 1. The van der Waals surface area contributed by atoms with Gasteiger partial charge in [-0.3, -0.25) is 15.0 Å². The van der Waals surface area contributed by atoms with Gasteiger partial charge in [0.15, 0.2) is 0 Å². The fourth-order valence-corrected chi connectivity index (χ4v) is 3.48. The van der Waals surface area contributed by atoms with Gasteiger partial charge < -0.3 is 10.1 Å². The number of nitro groups is 1. The van der Waals surface area contributed by atoms with Gasteiger partial charge in [-0.2, -0.15) is 0 Å². The van der Waals surface area contributed by atoms with E-state index < -0.39 is 0 Å². The molecule has 3 rings (SSSR count). The highest BCUT2D eigenvalue weighted by molar-refractivity contribution is 5.42. The molecule has 0 bridgehead atoms. The van der Waals surface area contributed by atoms with E-state index in [1.54, 1.807) is 6.07 Å². The van der Waals surface area contributed by atoms with E-state index in [4.69, 9.17) is 4.74 Å². The van der Waals surface area contributed by atoms with E-state index in [2.05, 4.69) is 10.2 Å². The number of piperidine rings is 1. The summed E-state index contributed by atoms with van der Waals surface area (Å²) in [6.45, 7) is 3.95. The Morgan fingerprint density at radius 2 is 2.29 bits per heavy atom. The predicted molar refractivity (Wildman–Crippen MR) is 79.4 cm³/mol. The van der Waals surface area contributed by atoms with E-state index in [0.29, 0.717) is 11.8 Å². The van der Waals surface area contributed by atoms with Gasteiger partial charge in [-0.15, -0.1) is 0 Å². The zero-order chi connectivity index (χ0) is 14.8. The number of rotatable bonds is 4. The maximum absolute atomic E-state index is 11.0. The van der Waals surface area contributed by atoms with E-state index in [1.165, 1.54) is 26.0 Å². The standard InChI is InChI=1S/C15H21N3O3/c1-21-14-6-11(5-13(7-14)18(19)20)8-17-9-12-3-2-4-16-15(12)10-17/h5-7,12,15-16H,2-4,8-10H2,1H3. The van der Waals surface area contributed by atoms with Crippen molar-refractivity contribution in [2.24, 2.45) is 5.92 Å². The molecule has 1 aromatic carbocycles. The van der Waals surface area contributed by atoms with Crippen molar-refractivity contribution >= 4 is 5.69 Å². The molecule has 0 aliphatic carbocycles. The zero-order valence-electron chi connectivity index (χ0n) is 12.2. The summed E-state index contributed by atoms with van der Waals surface area (Å²) < 4.78 is 5.17. The Labute approximate surface area is 124 Å². The lowest BCUT2D eigenvalue weighted by molar-refractivity contribution is -0.385. The Kier molecular flexibility index (Phi) is 4.07. The fourth-order valence-electron chi connectivity index (χ4n) is 3.48. The second-order valence-corrected chi connectivity index (χ2v) is 5.95. The molecule has 0 spiro atoms. The van der Waals surface area contributed by atoms with Crippen molar-refractivity contribution in [1.82, 2.24) is 10.2 Å². The van der Waals surface area contributed by atoms with Crippen molar-refractivity contribution in [3.63, 3.8) is 0 Å². The van der Waals surface area contributed by atoms with Gasteiger partial charge in [0, 0.05) is 31.7 Å². The topological polar surface area (TPSA) is 67.6 Å². The summed E-state index contributed by atoms with van der Waals surface area (Å²) in [5.41, 5.74) is 1.04. The molecule has 2 aliphatic heterocycles. The Morgan fingerprint density at radius 3 is 3.00 bits per heavy atom. The molecule has 1 N–H and O–H groups in total. The third kappa shape index (κ3) is 3.16. The van der Waals surface area contributed by atoms with Gasteiger partial charge in [-0.25, -0.2) is 0 Å². The minimum atomic E-state index is -0.364. The number of likely N-dealkylation sites (tertiary alicyclic amines) is 1. The van der Waals surface area contributed by atoms with E-state index in [9.17, 15) is 10.1 Å². The first kappa shape index (κ1) is 14.3. The van der Waals surface area contributed by atoms with Crippen LogP contribution in [0.15, 0.2) is 18.2 Å². The Balaban J connectivity index is 1.72. The van der Waals surface area contributed by atoms with Gasteiger partial charge in [0.25, 0.3) is 5.69 Å². The van der Waals surface area contributed by atoms with Crippen molar-refractivity contribution in [3.05, 3.63) is 33.9 Å². The van der Waals surface area contributed by atoms with Gasteiger partial charge in [0.1, 0.15) is 5.75 Å². The molecule has 0 amide bonds. The summed E-state index contributed by atoms with van der Waals surface area (Å²) in [5.74, 6) is 1.27. The molecule has 114 valence electrons. The maximum atomic E-state index is 11.0. The zero-order valence-corrected chi connectivity index (χ0v) is 12.2. The molecule has 2 atom stereocenters. The lowest BCUT2D eigenvalue weighted by atomic mass is 9.94. The van der Waals surface area contributed by atoms with Crippen LogP contribution in [0.5, 0.6) is 5.75 Å². The third-order valence-electron chi connectivity index (χ3n) is 4.48. The number of benzene rings is 1. The summed E-state index contributed by atoms with van der Waals surface area (Å²) in [6, 6.07) is 5.59. The first-order chi connectivity index (χ1) is 10.2. The molecule has 2 unspecified atom stereocenters. The van der Waals surface area contributed by atoms with Crippen LogP contribution >= 0.6 is 0 Å². The predicted octanol–water partition coefficient (Wildman–Crippen LogP) is 1.79.